The molecule has 0 bridgehead atoms. The summed E-state index contributed by atoms with van der Waals surface area (Å²) in [5, 5.41) is 8.82. The second kappa shape index (κ2) is 4.62. The first-order valence-electron chi connectivity index (χ1n) is 5.39. The molecule has 0 aliphatic carbocycles. The SMILES string of the molecule is Nc1ccn(C[C@@H]2O[C@H](CO)CC2(F)F)c(=O)n1. The molecule has 0 spiro atoms. The van der Waals surface area contributed by atoms with Gasteiger partial charge in [0, 0.05) is 12.6 Å². The highest BCUT2D eigenvalue weighted by Gasteiger charge is 2.50. The number of ether oxygens (including phenoxy) is 1. The van der Waals surface area contributed by atoms with Crippen molar-refractivity contribution in [1.29, 1.82) is 0 Å². The van der Waals surface area contributed by atoms with E-state index >= 15 is 0 Å². The molecule has 0 aromatic carbocycles. The fourth-order valence-corrected chi connectivity index (χ4v) is 1.86. The van der Waals surface area contributed by atoms with Crippen molar-refractivity contribution in [1.82, 2.24) is 9.55 Å². The van der Waals surface area contributed by atoms with E-state index in [1.165, 1.54) is 12.3 Å². The third kappa shape index (κ3) is 2.49. The van der Waals surface area contributed by atoms with E-state index in [-0.39, 0.29) is 12.4 Å². The van der Waals surface area contributed by atoms with Crippen LogP contribution in [0.2, 0.25) is 0 Å². The Morgan fingerprint density at radius 3 is 2.94 bits per heavy atom. The first-order chi connectivity index (χ1) is 8.42. The average molecular weight is 261 g/mol. The fraction of sp³-hybridized carbons (Fsp3) is 0.600. The quantitative estimate of drug-likeness (QED) is 0.773. The molecule has 0 amide bonds. The third-order valence-electron chi connectivity index (χ3n) is 2.79. The summed E-state index contributed by atoms with van der Waals surface area (Å²) in [5.41, 5.74) is 4.59. The van der Waals surface area contributed by atoms with E-state index in [1.54, 1.807) is 0 Å². The summed E-state index contributed by atoms with van der Waals surface area (Å²) in [6.07, 6.45) is -1.61. The number of alkyl halides is 2. The molecule has 1 aliphatic rings. The maximum atomic E-state index is 13.5. The zero-order valence-electron chi connectivity index (χ0n) is 9.42. The number of aliphatic hydroxyl groups excluding tert-OH is 1. The second-order valence-electron chi connectivity index (χ2n) is 4.18. The minimum atomic E-state index is -3.08. The Morgan fingerprint density at radius 2 is 2.39 bits per heavy atom. The van der Waals surface area contributed by atoms with Crippen LogP contribution in [0.5, 0.6) is 0 Å². The molecule has 1 aromatic heterocycles. The van der Waals surface area contributed by atoms with Gasteiger partial charge in [0.1, 0.15) is 11.9 Å². The van der Waals surface area contributed by atoms with Gasteiger partial charge in [-0.05, 0) is 6.07 Å². The summed E-state index contributed by atoms with van der Waals surface area (Å²) in [4.78, 5) is 14.8. The van der Waals surface area contributed by atoms with Gasteiger partial charge in [-0.1, -0.05) is 0 Å². The van der Waals surface area contributed by atoms with Gasteiger partial charge in [0.25, 0.3) is 5.92 Å². The lowest BCUT2D eigenvalue weighted by molar-refractivity contribution is -0.0848. The highest BCUT2D eigenvalue weighted by atomic mass is 19.3. The first kappa shape index (κ1) is 12.9. The van der Waals surface area contributed by atoms with Crippen LogP contribution in [-0.2, 0) is 11.3 Å². The molecular formula is C10H13F2N3O3. The first-order valence-corrected chi connectivity index (χ1v) is 5.39. The standard InChI is InChI=1S/C10H13F2N3O3/c11-10(12)3-6(5-16)18-7(10)4-15-2-1-8(13)14-9(15)17/h1-2,6-7,16H,3-5H2,(H2,13,14,17)/t6-,7-/m0/s1. The van der Waals surface area contributed by atoms with Gasteiger partial charge in [-0.3, -0.25) is 4.57 Å². The van der Waals surface area contributed by atoms with Crippen molar-refractivity contribution in [2.45, 2.75) is 31.1 Å². The van der Waals surface area contributed by atoms with Gasteiger partial charge in [-0.25, -0.2) is 13.6 Å². The number of hydrogen-bond donors (Lipinski definition) is 2. The summed E-state index contributed by atoms with van der Waals surface area (Å²) in [6, 6.07) is 1.35. The molecule has 1 fully saturated rings. The molecule has 2 rings (SSSR count). The summed E-state index contributed by atoms with van der Waals surface area (Å²) in [6.45, 7) is -0.795. The van der Waals surface area contributed by atoms with Gasteiger partial charge in [0.05, 0.1) is 19.3 Å². The molecule has 18 heavy (non-hydrogen) atoms. The summed E-state index contributed by atoms with van der Waals surface area (Å²) in [5.74, 6) is -3.04. The summed E-state index contributed by atoms with van der Waals surface area (Å²) in [7, 11) is 0. The molecule has 1 saturated heterocycles. The Labute approximate surface area is 101 Å². The smallest absolute Gasteiger partial charge is 0.349 e. The molecule has 1 aromatic rings. The number of rotatable bonds is 3. The Hall–Kier alpha value is -1.54. The highest BCUT2D eigenvalue weighted by Crippen LogP contribution is 2.36. The van der Waals surface area contributed by atoms with Crippen LogP contribution in [0.3, 0.4) is 0 Å². The molecule has 8 heteroatoms. The van der Waals surface area contributed by atoms with Gasteiger partial charge in [0.15, 0.2) is 0 Å². The van der Waals surface area contributed by atoms with Crippen molar-refractivity contribution >= 4 is 5.82 Å². The number of halogens is 2. The Kier molecular flexibility index (Phi) is 3.31. The lowest BCUT2D eigenvalue weighted by Crippen LogP contribution is -2.36. The number of aromatic nitrogens is 2. The van der Waals surface area contributed by atoms with E-state index in [2.05, 4.69) is 4.98 Å². The van der Waals surface area contributed by atoms with Crippen molar-refractivity contribution in [3.05, 3.63) is 22.7 Å². The van der Waals surface area contributed by atoms with Gasteiger partial charge < -0.3 is 15.6 Å². The summed E-state index contributed by atoms with van der Waals surface area (Å²) < 4.78 is 33.1. The zero-order chi connectivity index (χ0) is 13.3. The molecule has 2 atom stereocenters. The predicted molar refractivity (Wildman–Crippen MR) is 58.2 cm³/mol. The maximum absolute atomic E-state index is 13.5. The van der Waals surface area contributed by atoms with Crippen LogP contribution in [-0.4, -0.2) is 39.4 Å². The van der Waals surface area contributed by atoms with Crippen molar-refractivity contribution < 1.29 is 18.6 Å². The van der Waals surface area contributed by atoms with E-state index in [0.717, 1.165) is 4.57 Å². The van der Waals surface area contributed by atoms with E-state index in [0.29, 0.717) is 0 Å². The minimum absolute atomic E-state index is 0.0311. The average Bonchev–Trinajstić information content (AvgIpc) is 2.58. The van der Waals surface area contributed by atoms with Gasteiger partial charge in [-0.2, -0.15) is 4.98 Å². The number of nitrogens with zero attached hydrogens (tertiary/aromatic N) is 2. The normalized spacial score (nSPS) is 26.4. The van der Waals surface area contributed by atoms with Gasteiger partial charge >= 0.3 is 5.69 Å². The molecule has 3 N–H and O–H groups in total. The van der Waals surface area contributed by atoms with Crippen molar-refractivity contribution in [3.63, 3.8) is 0 Å². The lowest BCUT2D eigenvalue weighted by Gasteiger charge is -2.18. The molecule has 2 heterocycles. The Balaban J connectivity index is 2.16. The third-order valence-corrected chi connectivity index (χ3v) is 2.79. The van der Waals surface area contributed by atoms with E-state index in [1.807, 2.05) is 0 Å². The van der Waals surface area contributed by atoms with Crippen LogP contribution in [0.15, 0.2) is 17.1 Å². The van der Waals surface area contributed by atoms with Crippen LogP contribution >= 0.6 is 0 Å². The highest BCUT2D eigenvalue weighted by molar-refractivity contribution is 5.23. The minimum Gasteiger partial charge on any atom is -0.394 e. The maximum Gasteiger partial charge on any atom is 0.349 e. The molecule has 0 saturated carbocycles. The number of aliphatic hydroxyl groups is 1. The van der Waals surface area contributed by atoms with E-state index in [9.17, 15) is 13.6 Å². The van der Waals surface area contributed by atoms with Crippen LogP contribution in [0, 0.1) is 0 Å². The summed E-state index contributed by atoms with van der Waals surface area (Å²) >= 11 is 0. The lowest BCUT2D eigenvalue weighted by atomic mass is 10.1. The number of hydrogen-bond acceptors (Lipinski definition) is 5. The molecule has 0 unspecified atom stereocenters. The molecule has 100 valence electrons. The van der Waals surface area contributed by atoms with Gasteiger partial charge in [0.2, 0.25) is 0 Å². The fourth-order valence-electron chi connectivity index (χ4n) is 1.86. The molecular weight excluding hydrogens is 248 g/mol. The molecule has 1 aliphatic heterocycles. The van der Waals surface area contributed by atoms with Crippen molar-refractivity contribution in [3.8, 4) is 0 Å². The van der Waals surface area contributed by atoms with Crippen molar-refractivity contribution in [2.24, 2.45) is 0 Å². The monoisotopic (exact) mass is 261 g/mol. The number of nitrogen functional groups attached to an aromatic ring is 1. The topological polar surface area (TPSA) is 90.4 Å². The van der Waals surface area contributed by atoms with Crippen LogP contribution in [0.1, 0.15) is 6.42 Å². The van der Waals surface area contributed by atoms with E-state index < -0.39 is 36.8 Å². The largest absolute Gasteiger partial charge is 0.394 e. The Morgan fingerprint density at radius 1 is 1.67 bits per heavy atom. The number of anilines is 1. The molecule has 6 nitrogen and oxygen atoms in total. The van der Waals surface area contributed by atoms with E-state index in [4.69, 9.17) is 15.6 Å². The number of nitrogens with two attached hydrogens (primary N) is 1. The van der Waals surface area contributed by atoms with Crippen molar-refractivity contribution in [2.75, 3.05) is 12.3 Å². The van der Waals surface area contributed by atoms with Crippen LogP contribution in [0.25, 0.3) is 0 Å². The van der Waals surface area contributed by atoms with Crippen LogP contribution < -0.4 is 11.4 Å². The molecule has 0 radical (unpaired) electrons. The van der Waals surface area contributed by atoms with Gasteiger partial charge in [-0.15, -0.1) is 0 Å². The zero-order valence-corrected chi connectivity index (χ0v) is 9.42. The predicted octanol–water partition coefficient (Wildman–Crippen LogP) is -0.389. The Bertz CT molecular complexity index is 492. The van der Waals surface area contributed by atoms with Crippen LogP contribution in [0.4, 0.5) is 14.6 Å². The second-order valence-corrected chi connectivity index (χ2v) is 4.18.